The van der Waals surface area contributed by atoms with Gasteiger partial charge in [-0.3, -0.25) is 9.69 Å². The Bertz CT molecular complexity index is 576. The first-order valence-corrected chi connectivity index (χ1v) is 9.73. The first-order chi connectivity index (χ1) is 12.2. The summed E-state index contributed by atoms with van der Waals surface area (Å²) in [5.74, 6) is 0.797. The van der Waals surface area contributed by atoms with Crippen molar-refractivity contribution >= 4 is 12.0 Å². The van der Waals surface area contributed by atoms with Gasteiger partial charge in [-0.15, -0.1) is 0 Å². The summed E-state index contributed by atoms with van der Waals surface area (Å²) in [4.78, 5) is 28.7. The van der Waals surface area contributed by atoms with Gasteiger partial charge in [-0.2, -0.15) is 0 Å². The van der Waals surface area contributed by atoms with Crippen molar-refractivity contribution in [2.75, 3.05) is 33.3 Å². The number of carbonyl (C=O) groups excluding carboxylic acids is 2. The molecule has 4 atom stereocenters. The Labute approximate surface area is 149 Å². The van der Waals surface area contributed by atoms with Crippen LogP contribution in [0.4, 0.5) is 4.79 Å². The molecule has 6 heteroatoms. The quantitative estimate of drug-likeness (QED) is 0.611. The number of urea groups is 1. The molecule has 0 radical (unpaired) electrons. The SMILES string of the molecule is COC(=O)CNC(=O)N1CCCC2=C[C@H]3C[C@H](CN4CCCC[C@@H]34)[C@H]21. The molecule has 1 N–H and O–H groups in total. The Morgan fingerprint density at radius 2 is 2.16 bits per heavy atom. The lowest BCUT2D eigenvalue weighted by atomic mass is 9.68. The lowest BCUT2D eigenvalue weighted by Crippen LogP contribution is -2.61. The minimum Gasteiger partial charge on any atom is -0.468 e. The Balaban J connectivity index is 1.51. The van der Waals surface area contributed by atoms with Gasteiger partial charge in [0, 0.05) is 19.1 Å². The molecule has 25 heavy (non-hydrogen) atoms. The van der Waals surface area contributed by atoms with E-state index in [1.807, 2.05) is 4.90 Å². The van der Waals surface area contributed by atoms with E-state index in [4.69, 9.17) is 0 Å². The van der Waals surface area contributed by atoms with Crippen LogP contribution in [0.3, 0.4) is 0 Å². The fourth-order valence-electron chi connectivity index (χ4n) is 5.52. The number of likely N-dealkylation sites (tertiary alicyclic amines) is 1. The summed E-state index contributed by atoms with van der Waals surface area (Å²) in [7, 11) is 1.34. The highest BCUT2D eigenvalue weighted by Crippen LogP contribution is 2.44. The molecule has 0 aromatic rings. The van der Waals surface area contributed by atoms with Gasteiger partial charge in [0.1, 0.15) is 6.54 Å². The summed E-state index contributed by atoms with van der Waals surface area (Å²) in [6.07, 6.45) is 9.83. The molecule has 2 amide bonds. The average molecular weight is 347 g/mol. The highest BCUT2D eigenvalue weighted by atomic mass is 16.5. The van der Waals surface area contributed by atoms with E-state index in [0.717, 1.165) is 32.0 Å². The van der Waals surface area contributed by atoms with Gasteiger partial charge < -0.3 is 15.0 Å². The molecule has 0 aromatic carbocycles. The van der Waals surface area contributed by atoms with Crippen LogP contribution in [0.15, 0.2) is 11.6 Å². The van der Waals surface area contributed by atoms with Crippen molar-refractivity contribution in [3.05, 3.63) is 11.6 Å². The minimum absolute atomic E-state index is 0.0565. The van der Waals surface area contributed by atoms with E-state index in [1.165, 1.54) is 44.9 Å². The zero-order valence-corrected chi connectivity index (χ0v) is 15.1. The second-order valence-corrected chi connectivity index (χ2v) is 7.94. The Morgan fingerprint density at radius 3 is 3.00 bits per heavy atom. The molecule has 0 spiro atoms. The standard InChI is InChI=1S/C19H29N3O3/c1-25-17(23)11-20-19(24)22-8-4-5-13-9-14-10-15(18(13)22)12-21-7-3-2-6-16(14)21/h9,14-16,18H,2-8,10-12H2,1H3,(H,20,24)/t14-,15+,16-,18-/m0/s1. The van der Waals surface area contributed by atoms with Gasteiger partial charge in [-0.05, 0) is 50.5 Å². The topological polar surface area (TPSA) is 61.9 Å². The van der Waals surface area contributed by atoms with Crippen LogP contribution >= 0.6 is 0 Å². The van der Waals surface area contributed by atoms with Crippen LogP contribution in [0, 0.1) is 11.8 Å². The second kappa shape index (κ2) is 6.98. The van der Waals surface area contributed by atoms with E-state index < -0.39 is 5.97 Å². The van der Waals surface area contributed by atoms with E-state index in [1.54, 1.807) is 0 Å². The van der Waals surface area contributed by atoms with Gasteiger partial charge in [-0.25, -0.2) is 4.79 Å². The van der Waals surface area contributed by atoms with Gasteiger partial charge in [-0.1, -0.05) is 18.1 Å². The number of nitrogens with one attached hydrogen (secondary N) is 1. The molecular formula is C19H29N3O3. The van der Waals surface area contributed by atoms with Crippen LogP contribution in [0.5, 0.6) is 0 Å². The third-order valence-corrected chi connectivity index (χ3v) is 6.53. The number of hydrogen-bond acceptors (Lipinski definition) is 4. The van der Waals surface area contributed by atoms with Crippen molar-refractivity contribution in [2.24, 2.45) is 11.8 Å². The summed E-state index contributed by atoms with van der Waals surface area (Å²) in [6.45, 7) is 3.05. The van der Waals surface area contributed by atoms with E-state index in [-0.39, 0.29) is 18.6 Å². The van der Waals surface area contributed by atoms with Crippen molar-refractivity contribution in [3.63, 3.8) is 0 Å². The van der Waals surface area contributed by atoms with E-state index >= 15 is 0 Å². The molecule has 0 unspecified atom stereocenters. The summed E-state index contributed by atoms with van der Waals surface area (Å²) in [6, 6.07) is 0.813. The number of rotatable bonds is 2. The zero-order valence-electron chi connectivity index (χ0n) is 15.1. The first-order valence-electron chi connectivity index (χ1n) is 9.73. The number of methoxy groups -OCH3 is 1. The van der Waals surface area contributed by atoms with Gasteiger partial charge in [0.05, 0.1) is 13.2 Å². The molecular weight excluding hydrogens is 318 g/mol. The van der Waals surface area contributed by atoms with Crippen LogP contribution in [0.1, 0.15) is 38.5 Å². The number of esters is 1. The third-order valence-electron chi connectivity index (χ3n) is 6.53. The maximum atomic E-state index is 12.7. The van der Waals surface area contributed by atoms with Crippen LogP contribution in [0.25, 0.3) is 0 Å². The summed E-state index contributed by atoms with van der Waals surface area (Å²) < 4.78 is 4.63. The molecule has 6 nitrogen and oxygen atoms in total. The van der Waals surface area contributed by atoms with Crippen LogP contribution in [-0.2, 0) is 9.53 Å². The fourth-order valence-corrected chi connectivity index (χ4v) is 5.52. The van der Waals surface area contributed by atoms with E-state index in [0.29, 0.717) is 11.8 Å². The molecule has 0 saturated carbocycles. The van der Waals surface area contributed by atoms with Crippen LogP contribution < -0.4 is 5.32 Å². The smallest absolute Gasteiger partial charge is 0.325 e. The van der Waals surface area contributed by atoms with Crippen molar-refractivity contribution in [3.8, 4) is 0 Å². The second-order valence-electron chi connectivity index (χ2n) is 7.94. The summed E-state index contributed by atoms with van der Waals surface area (Å²) >= 11 is 0. The molecule has 4 aliphatic rings. The predicted octanol–water partition coefficient (Wildman–Crippen LogP) is 1.76. The summed E-state index contributed by atoms with van der Waals surface area (Å²) in [5.41, 5.74) is 1.46. The van der Waals surface area contributed by atoms with Crippen LogP contribution in [0.2, 0.25) is 0 Å². The molecule has 4 rings (SSSR count). The van der Waals surface area contributed by atoms with Crippen molar-refractivity contribution < 1.29 is 14.3 Å². The lowest BCUT2D eigenvalue weighted by molar-refractivity contribution is -0.139. The number of fused-ring (bicyclic) bond motifs is 6. The summed E-state index contributed by atoms with van der Waals surface area (Å²) in [5, 5.41) is 2.74. The molecule has 138 valence electrons. The molecule has 0 aromatic heterocycles. The first kappa shape index (κ1) is 16.9. The number of ether oxygens (including phenoxy) is 1. The monoisotopic (exact) mass is 347 g/mol. The fraction of sp³-hybridized carbons (Fsp3) is 0.789. The normalized spacial score (nSPS) is 34.4. The highest BCUT2D eigenvalue weighted by Gasteiger charge is 2.46. The number of amides is 2. The number of piperidine rings is 3. The van der Waals surface area contributed by atoms with Gasteiger partial charge in [0.15, 0.2) is 0 Å². The van der Waals surface area contributed by atoms with Crippen molar-refractivity contribution in [1.82, 2.24) is 15.1 Å². The maximum absolute atomic E-state index is 12.7. The largest absolute Gasteiger partial charge is 0.468 e. The Kier molecular flexibility index (Phi) is 4.71. The molecule has 3 aliphatic heterocycles. The Hall–Kier alpha value is -1.56. The van der Waals surface area contributed by atoms with E-state index in [9.17, 15) is 9.59 Å². The molecule has 3 fully saturated rings. The third kappa shape index (κ3) is 3.16. The predicted molar refractivity (Wildman–Crippen MR) is 94.0 cm³/mol. The minimum atomic E-state index is -0.404. The molecule has 2 bridgehead atoms. The zero-order chi connectivity index (χ0) is 17.4. The number of carbonyl (C=O) groups is 2. The van der Waals surface area contributed by atoms with Crippen LogP contribution in [-0.4, -0.2) is 67.2 Å². The average Bonchev–Trinajstić information content (AvgIpc) is 2.65. The van der Waals surface area contributed by atoms with Gasteiger partial charge in [0.25, 0.3) is 0 Å². The number of hydrogen-bond donors (Lipinski definition) is 1. The molecule has 3 saturated heterocycles. The van der Waals surface area contributed by atoms with Crippen molar-refractivity contribution in [2.45, 2.75) is 50.6 Å². The lowest BCUT2D eigenvalue weighted by Gasteiger charge is -2.54. The highest BCUT2D eigenvalue weighted by molar-refractivity contribution is 5.81. The maximum Gasteiger partial charge on any atom is 0.325 e. The van der Waals surface area contributed by atoms with Gasteiger partial charge in [0.2, 0.25) is 0 Å². The van der Waals surface area contributed by atoms with Crippen molar-refractivity contribution in [1.29, 1.82) is 0 Å². The molecule has 3 heterocycles. The Morgan fingerprint density at radius 1 is 1.28 bits per heavy atom. The van der Waals surface area contributed by atoms with Gasteiger partial charge >= 0.3 is 12.0 Å². The number of nitrogens with zero attached hydrogens (tertiary/aromatic N) is 2. The molecule has 1 aliphatic carbocycles. The van der Waals surface area contributed by atoms with E-state index in [2.05, 4.69) is 21.0 Å².